The minimum atomic E-state index is -2.59. The van der Waals surface area contributed by atoms with E-state index in [9.17, 15) is 13.6 Å². The third kappa shape index (κ3) is 4.36. The van der Waals surface area contributed by atoms with Crippen LogP contribution in [0.25, 0.3) is 0 Å². The van der Waals surface area contributed by atoms with Crippen molar-refractivity contribution in [1.82, 2.24) is 0 Å². The van der Waals surface area contributed by atoms with Crippen molar-refractivity contribution in [2.24, 2.45) is 11.8 Å². The van der Waals surface area contributed by atoms with E-state index < -0.39 is 23.4 Å². The van der Waals surface area contributed by atoms with Crippen LogP contribution in [0, 0.1) is 18.8 Å². The van der Waals surface area contributed by atoms with Crippen molar-refractivity contribution in [2.75, 3.05) is 0 Å². The number of hydrogen-bond acceptors (Lipinski definition) is 4. The maximum Gasteiger partial charge on any atom is 0.306 e. The van der Waals surface area contributed by atoms with Crippen LogP contribution in [0.2, 0.25) is 0 Å². The molecule has 0 spiro atoms. The molecule has 21 heavy (non-hydrogen) atoms. The Labute approximate surface area is 126 Å². The topological polar surface area (TPSA) is 86.7 Å². The van der Waals surface area contributed by atoms with Crippen LogP contribution in [-0.2, 0) is 20.3 Å². The first kappa shape index (κ1) is 16.1. The summed E-state index contributed by atoms with van der Waals surface area (Å²) in [6.07, 6.45) is 1.92. The van der Waals surface area contributed by atoms with Crippen molar-refractivity contribution in [1.29, 1.82) is 0 Å². The fourth-order valence-corrected chi connectivity index (χ4v) is 3.35. The minimum Gasteiger partial charge on any atom is -0.750 e. The molecule has 1 aliphatic rings. The molecule has 5 nitrogen and oxygen atoms in total. The highest BCUT2D eigenvalue weighted by atomic mass is 32.2. The number of aliphatic carboxylic acids is 1. The van der Waals surface area contributed by atoms with Gasteiger partial charge in [-0.1, -0.05) is 29.8 Å². The summed E-state index contributed by atoms with van der Waals surface area (Å²) < 4.78 is 27.0. The highest BCUT2D eigenvalue weighted by Gasteiger charge is 2.32. The highest BCUT2D eigenvalue weighted by molar-refractivity contribution is 7.74. The molecule has 116 valence electrons. The van der Waals surface area contributed by atoms with E-state index in [1.807, 2.05) is 31.2 Å². The molecule has 1 aromatic rings. The monoisotopic (exact) mass is 311 g/mol. The lowest BCUT2D eigenvalue weighted by Crippen LogP contribution is -2.26. The number of carbonyl (C=O) groups is 1. The van der Waals surface area contributed by atoms with Crippen LogP contribution < -0.4 is 0 Å². The van der Waals surface area contributed by atoms with Crippen LogP contribution in [0.3, 0.4) is 0 Å². The van der Waals surface area contributed by atoms with E-state index in [1.165, 1.54) is 0 Å². The van der Waals surface area contributed by atoms with Gasteiger partial charge in [0.05, 0.1) is 17.3 Å². The van der Waals surface area contributed by atoms with Crippen molar-refractivity contribution in [3.05, 3.63) is 35.4 Å². The largest absolute Gasteiger partial charge is 0.750 e. The quantitative estimate of drug-likeness (QED) is 0.845. The second-order valence-electron chi connectivity index (χ2n) is 5.58. The van der Waals surface area contributed by atoms with Gasteiger partial charge in [-0.3, -0.25) is 8.98 Å². The van der Waals surface area contributed by atoms with E-state index in [0.29, 0.717) is 25.7 Å². The second-order valence-corrected chi connectivity index (χ2v) is 6.18. The number of benzene rings is 1. The summed E-state index contributed by atoms with van der Waals surface area (Å²) >= 11 is -2.59. The third-order valence-corrected chi connectivity index (χ3v) is 4.50. The van der Waals surface area contributed by atoms with Crippen molar-refractivity contribution >= 4 is 17.3 Å². The lowest BCUT2D eigenvalue weighted by atomic mass is 9.78. The van der Waals surface area contributed by atoms with Gasteiger partial charge >= 0.3 is 5.97 Å². The van der Waals surface area contributed by atoms with Gasteiger partial charge in [-0.05, 0) is 44.1 Å². The SMILES string of the molecule is Cc1ccc(C(OS(=O)[O-])C2CCC(C(=O)O)CC2)cc1. The van der Waals surface area contributed by atoms with Gasteiger partial charge in [0.2, 0.25) is 0 Å². The maximum atomic E-state index is 11.0. The molecule has 1 N–H and O–H groups in total. The molecular formula is C15H19O5S-. The summed E-state index contributed by atoms with van der Waals surface area (Å²) in [5.74, 6) is -1.06. The van der Waals surface area contributed by atoms with Gasteiger partial charge in [0.15, 0.2) is 0 Å². The van der Waals surface area contributed by atoms with Crippen LogP contribution in [0.15, 0.2) is 24.3 Å². The normalized spacial score (nSPS) is 25.2. The van der Waals surface area contributed by atoms with Crippen molar-refractivity contribution < 1.29 is 22.8 Å². The average molecular weight is 311 g/mol. The molecule has 2 atom stereocenters. The molecule has 1 fully saturated rings. The van der Waals surface area contributed by atoms with Gasteiger partial charge in [-0.15, -0.1) is 0 Å². The predicted molar refractivity (Wildman–Crippen MR) is 77.0 cm³/mol. The summed E-state index contributed by atoms with van der Waals surface area (Å²) in [5.41, 5.74) is 1.92. The molecule has 0 saturated heterocycles. The molecule has 2 unspecified atom stereocenters. The molecular weight excluding hydrogens is 292 g/mol. The van der Waals surface area contributed by atoms with Crippen LogP contribution in [-0.4, -0.2) is 19.8 Å². The molecule has 1 aromatic carbocycles. The molecule has 2 rings (SSSR count). The molecule has 0 bridgehead atoms. The number of hydrogen-bond donors (Lipinski definition) is 1. The third-order valence-electron chi connectivity index (χ3n) is 4.14. The molecule has 0 aliphatic heterocycles. The van der Waals surface area contributed by atoms with E-state index in [4.69, 9.17) is 9.29 Å². The first-order valence-electron chi connectivity index (χ1n) is 7.03. The number of carboxylic acid groups (broad SMARTS) is 1. The Hall–Kier alpha value is -1.24. The Kier molecular flexibility index (Phi) is 5.50. The Morgan fingerprint density at radius 3 is 2.33 bits per heavy atom. The van der Waals surface area contributed by atoms with Gasteiger partial charge in [0.25, 0.3) is 0 Å². The summed E-state index contributed by atoms with van der Waals surface area (Å²) in [7, 11) is 0. The Morgan fingerprint density at radius 2 is 1.86 bits per heavy atom. The summed E-state index contributed by atoms with van der Waals surface area (Å²) in [5, 5.41) is 9.03. The van der Waals surface area contributed by atoms with Crippen molar-refractivity contribution in [3.8, 4) is 0 Å². The van der Waals surface area contributed by atoms with E-state index in [1.54, 1.807) is 0 Å². The molecule has 0 radical (unpaired) electrons. The Balaban J connectivity index is 2.12. The van der Waals surface area contributed by atoms with Crippen LogP contribution in [0.4, 0.5) is 0 Å². The van der Waals surface area contributed by atoms with Crippen LogP contribution in [0.5, 0.6) is 0 Å². The Morgan fingerprint density at radius 1 is 1.29 bits per heavy atom. The molecule has 0 amide bonds. The zero-order chi connectivity index (χ0) is 15.4. The number of carboxylic acids is 1. The van der Waals surface area contributed by atoms with Gasteiger partial charge in [0, 0.05) is 0 Å². The zero-order valence-corrected chi connectivity index (χ0v) is 12.7. The van der Waals surface area contributed by atoms with Gasteiger partial charge in [0.1, 0.15) is 6.10 Å². The van der Waals surface area contributed by atoms with Crippen LogP contribution in [0.1, 0.15) is 42.9 Å². The lowest BCUT2D eigenvalue weighted by molar-refractivity contribution is -0.143. The predicted octanol–water partition coefficient (Wildman–Crippen LogP) is 2.74. The van der Waals surface area contributed by atoms with E-state index in [-0.39, 0.29) is 11.8 Å². The number of rotatable bonds is 5. The van der Waals surface area contributed by atoms with E-state index >= 15 is 0 Å². The van der Waals surface area contributed by atoms with Crippen molar-refractivity contribution in [2.45, 2.75) is 38.7 Å². The fourth-order valence-electron chi connectivity index (χ4n) is 2.92. The van der Waals surface area contributed by atoms with E-state index in [2.05, 4.69) is 0 Å². The van der Waals surface area contributed by atoms with Gasteiger partial charge < -0.3 is 9.66 Å². The fraction of sp³-hybridized carbons (Fsp3) is 0.533. The summed E-state index contributed by atoms with van der Waals surface area (Å²) in [6, 6.07) is 7.58. The first-order chi connectivity index (χ1) is 9.97. The Bertz CT molecular complexity index is 505. The molecule has 1 aliphatic carbocycles. The summed E-state index contributed by atoms with van der Waals surface area (Å²) in [4.78, 5) is 11.0. The average Bonchev–Trinajstić information content (AvgIpc) is 2.46. The minimum absolute atomic E-state index is 0.0289. The van der Waals surface area contributed by atoms with Gasteiger partial charge in [-0.2, -0.15) is 0 Å². The second kappa shape index (κ2) is 7.15. The molecule has 6 heteroatoms. The lowest BCUT2D eigenvalue weighted by Gasteiger charge is -2.32. The standard InChI is InChI=1S/C15H20O5S/c1-10-2-4-11(5-3-10)14(20-21(18)19)12-6-8-13(9-7-12)15(16)17/h2-5,12-14H,6-9H2,1H3,(H,16,17)(H,18,19)/p-1. The number of aryl methyl sites for hydroxylation is 1. The smallest absolute Gasteiger partial charge is 0.306 e. The zero-order valence-electron chi connectivity index (χ0n) is 11.9. The van der Waals surface area contributed by atoms with Crippen molar-refractivity contribution in [3.63, 3.8) is 0 Å². The molecule has 0 heterocycles. The van der Waals surface area contributed by atoms with Crippen LogP contribution >= 0.6 is 0 Å². The summed E-state index contributed by atoms with van der Waals surface area (Å²) in [6.45, 7) is 1.96. The molecule has 1 saturated carbocycles. The molecule has 0 aromatic heterocycles. The highest BCUT2D eigenvalue weighted by Crippen LogP contribution is 2.39. The van der Waals surface area contributed by atoms with Gasteiger partial charge in [-0.25, -0.2) is 4.21 Å². The van der Waals surface area contributed by atoms with E-state index in [0.717, 1.165) is 11.1 Å². The maximum absolute atomic E-state index is 11.0. The first-order valence-corrected chi connectivity index (χ1v) is 8.03.